The third-order valence-corrected chi connectivity index (χ3v) is 3.19. The smallest absolute Gasteiger partial charge is 0.421 e. The first-order valence-corrected chi connectivity index (χ1v) is 7.42. The second kappa shape index (κ2) is 6.69. The zero-order chi connectivity index (χ0) is 17.0. The Bertz CT molecular complexity index is 742. The molecule has 0 saturated carbocycles. The van der Waals surface area contributed by atoms with Gasteiger partial charge in [-0.05, 0) is 29.0 Å². The minimum absolute atomic E-state index is 0.0391. The molecule has 0 radical (unpaired) electrons. The Balaban J connectivity index is 2.20. The molecule has 0 bridgehead atoms. The second-order valence-electron chi connectivity index (χ2n) is 6.69. The van der Waals surface area contributed by atoms with Gasteiger partial charge in [-0.15, -0.1) is 0 Å². The highest BCUT2D eigenvalue weighted by atomic mass is 16.5. The van der Waals surface area contributed by atoms with Crippen LogP contribution in [0.25, 0.3) is 0 Å². The van der Waals surface area contributed by atoms with Crippen LogP contribution in [-0.2, 0) is 17.8 Å². The molecule has 0 aliphatic heterocycles. The first-order chi connectivity index (χ1) is 10.8. The maximum atomic E-state index is 12.1. The van der Waals surface area contributed by atoms with Crippen LogP contribution in [0, 0.1) is 5.41 Å². The topological polar surface area (TPSA) is 68.5 Å². The molecule has 1 N–H and O–H groups in total. The molecule has 0 unspecified atom stereocenters. The summed E-state index contributed by atoms with van der Waals surface area (Å²) in [6.45, 7) is 6.17. The van der Waals surface area contributed by atoms with Crippen molar-refractivity contribution in [1.29, 1.82) is 0 Å². The summed E-state index contributed by atoms with van der Waals surface area (Å²) in [7, 11) is 0. The molecule has 0 amide bonds. The van der Waals surface area contributed by atoms with Gasteiger partial charge in [0.15, 0.2) is 5.75 Å². The van der Waals surface area contributed by atoms with Crippen LogP contribution in [-0.4, -0.2) is 15.8 Å². The van der Waals surface area contributed by atoms with Crippen molar-refractivity contribution in [1.82, 2.24) is 4.57 Å². The highest BCUT2D eigenvalue weighted by molar-refractivity contribution is 5.70. The number of ether oxygens (including phenoxy) is 1. The molecule has 0 atom stereocenters. The van der Waals surface area contributed by atoms with E-state index in [1.807, 2.05) is 51.1 Å². The van der Waals surface area contributed by atoms with E-state index in [9.17, 15) is 14.7 Å². The lowest BCUT2D eigenvalue weighted by Gasteiger charge is -2.18. The SMILES string of the molecule is CC(C)(C)Cc1cc(O)c(=O)n(C(=O)OCc2ccccc2)c1. The first-order valence-electron chi connectivity index (χ1n) is 7.42. The molecule has 2 aromatic rings. The van der Waals surface area contributed by atoms with Crippen molar-refractivity contribution in [3.8, 4) is 5.75 Å². The summed E-state index contributed by atoms with van der Waals surface area (Å²) < 4.78 is 5.97. The lowest BCUT2D eigenvalue weighted by molar-refractivity contribution is 0.140. The van der Waals surface area contributed by atoms with E-state index in [1.165, 1.54) is 12.3 Å². The van der Waals surface area contributed by atoms with Crippen LogP contribution in [0.2, 0.25) is 0 Å². The molecule has 0 fully saturated rings. The van der Waals surface area contributed by atoms with Crippen LogP contribution in [0.15, 0.2) is 47.4 Å². The summed E-state index contributed by atoms with van der Waals surface area (Å²) in [6, 6.07) is 10.6. The monoisotopic (exact) mass is 315 g/mol. The summed E-state index contributed by atoms with van der Waals surface area (Å²) in [5.74, 6) is -0.455. The van der Waals surface area contributed by atoms with E-state index < -0.39 is 17.4 Å². The van der Waals surface area contributed by atoms with Crippen LogP contribution in [0.4, 0.5) is 4.79 Å². The normalized spacial score (nSPS) is 11.3. The van der Waals surface area contributed by atoms with Gasteiger partial charge in [-0.1, -0.05) is 51.1 Å². The second-order valence-corrected chi connectivity index (χ2v) is 6.69. The number of rotatable bonds is 3. The van der Waals surface area contributed by atoms with Gasteiger partial charge < -0.3 is 9.84 Å². The quantitative estimate of drug-likeness (QED) is 0.943. The highest BCUT2D eigenvalue weighted by Crippen LogP contribution is 2.21. The molecule has 0 spiro atoms. The number of hydrogen-bond acceptors (Lipinski definition) is 4. The molecule has 0 saturated heterocycles. The van der Waals surface area contributed by atoms with Crippen molar-refractivity contribution in [3.63, 3.8) is 0 Å². The molecule has 1 aromatic carbocycles. The number of aromatic nitrogens is 1. The number of aromatic hydroxyl groups is 1. The summed E-state index contributed by atoms with van der Waals surface area (Å²) in [5.41, 5.74) is 0.707. The molecular formula is C18H21NO4. The Morgan fingerprint density at radius 3 is 2.43 bits per heavy atom. The van der Waals surface area contributed by atoms with E-state index in [0.29, 0.717) is 12.0 Å². The lowest BCUT2D eigenvalue weighted by atomic mass is 9.89. The number of hydrogen-bond donors (Lipinski definition) is 1. The molecule has 1 aromatic heterocycles. The maximum absolute atomic E-state index is 12.1. The maximum Gasteiger partial charge on any atom is 0.421 e. The molecule has 5 nitrogen and oxygen atoms in total. The van der Waals surface area contributed by atoms with Crippen LogP contribution in [0.1, 0.15) is 31.9 Å². The summed E-state index contributed by atoms with van der Waals surface area (Å²) >= 11 is 0. The van der Waals surface area contributed by atoms with E-state index >= 15 is 0 Å². The van der Waals surface area contributed by atoms with Gasteiger partial charge in [-0.2, -0.15) is 0 Å². The molecule has 0 aliphatic carbocycles. The standard InChI is InChI=1S/C18H21NO4/c1-18(2,3)10-14-9-15(20)16(21)19(11-14)17(22)23-12-13-7-5-4-6-8-13/h4-9,11,20H,10,12H2,1-3H3. The summed E-state index contributed by atoms with van der Waals surface area (Å²) in [6.07, 6.45) is 1.25. The van der Waals surface area contributed by atoms with Crippen LogP contribution in [0.3, 0.4) is 0 Å². The van der Waals surface area contributed by atoms with Crippen molar-refractivity contribution >= 4 is 6.09 Å². The number of pyridine rings is 1. The van der Waals surface area contributed by atoms with Crippen molar-refractivity contribution in [2.45, 2.75) is 33.8 Å². The molecular weight excluding hydrogens is 294 g/mol. The molecule has 122 valence electrons. The Hall–Kier alpha value is -2.56. The Morgan fingerprint density at radius 2 is 1.83 bits per heavy atom. The van der Waals surface area contributed by atoms with Crippen molar-refractivity contribution in [3.05, 3.63) is 64.1 Å². The molecule has 5 heteroatoms. The fourth-order valence-electron chi connectivity index (χ4n) is 2.26. The van der Waals surface area contributed by atoms with Gasteiger partial charge in [-0.25, -0.2) is 9.36 Å². The van der Waals surface area contributed by atoms with Crippen LogP contribution >= 0.6 is 0 Å². The highest BCUT2D eigenvalue weighted by Gasteiger charge is 2.17. The molecule has 0 aliphatic rings. The zero-order valence-corrected chi connectivity index (χ0v) is 13.6. The number of nitrogens with zero attached hydrogens (tertiary/aromatic N) is 1. The molecule has 23 heavy (non-hydrogen) atoms. The third kappa shape index (κ3) is 4.71. The third-order valence-electron chi connectivity index (χ3n) is 3.19. The average molecular weight is 315 g/mol. The summed E-state index contributed by atoms with van der Waals surface area (Å²) in [4.78, 5) is 24.1. The van der Waals surface area contributed by atoms with Crippen LogP contribution in [0.5, 0.6) is 5.75 Å². The lowest BCUT2D eigenvalue weighted by Crippen LogP contribution is -2.28. The summed E-state index contributed by atoms with van der Waals surface area (Å²) in [5, 5.41) is 9.77. The van der Waals surface area contributed by atoms with Gasteiger partial charge in [0.2, 0.25) is 0 Å². The molecule has 1 heterocycles. The van der Waals surface area contributed by atoms with Crippen molar-refractivity contribution in [2.24, 2.45) is 5.41 Å². The fourth-order valence-corrected chi connectivity index (χ4v) is 2.26. The van der Waals surface area contributed by atoms with Gasteiger partial charge in [0.25, 0.3) is 0 Å². The van der Waals surface area contributed by atoms with Crippen molar-refractivity contribution < 1.29 is 14.6 Å². The van der Waals surface area contributed by atoms with E-state index in [2.05, 4.69) is 0 Å². The Labute approximate surface area is 135 Å². The van der Waals surface area contributed by atoms with E-state index in [0.717, 1.165) is 10.1 Å². The largest absolute Gasteiger partial charge is 0.503 e. The predicted octanol–water partition coefficient (Wildman–Crippen LogP) is 3.33. The Kier molecular flexibility index (Phi) is 4.89. The Morgan fingerprint density at radius 1 is 1.17 bits per heavy atom. The minimum Gasteiger partial charge on any atom is -0.503 e. The number of benzene rings is 1. The van der Waals surface area contributed by atoms with Gasteiger partial charge in [0.1, 0.15) is 6.61 Å². The number of carbonyl (C=O) groups is 1. The van der Waals surface area contributed by atoms with Crippen LogP contribution < -0.4 is 5.56 Å². The average Bonchev–Trinajstić information content (AvgIpc) is 2.48. The minimum atomic E-state index is -0.801. The van der Waals surface area contributed by atoms with E-state index in [-0.39, 0.29) is 12.0 Å². The van der Waals surface area contributed by atoms with E-state index in [4.69, 9.17) is 4.74 Å². The van der Waals surface area contributed by atoms with Gasteiger partial charge in [0.05, 0.1) is 0 Å². The van der Waals surface area contributed by atoms with Gasteiger partial charge in [0, 0.05) is 6.20 Å². The molecule has 2 rings (SSSR count). The number of carbonyl (C=O) groups excluding carboxylic acids is 1. The first kappa shape index (κ1) is 16.8. The predicted molar refractivity (Wildman–Crippen MR) is 87.6 cm³/mol. The van der Waals surface area contributed by atoms with Gasteiger partial charge in [-0.3, -0.25) is 4.79 Å². The van der Waals surface area contributed by atoms with Crippen molar-refractivity contribution in [2.75, 3.05) is 0 Å². The fraction of sp³-hybridized carbons (Fsp3) is 0.333. The van der Waals surface area contributed by atoms with Gasteiger partial charge >= 0.3 is 11.7 Å². The van der Waals surface area contributed by atoms with E-state index in [1.54, 1.807) is 0 Å². The zero-order valence-electron chi connectivity index (χ0n) is 13.6.